The van der Waals surface area contributed by atoms with Crippen LogP contribution in [0.5, 0.6) is 5.88 Å². The molecule has 0 aliphatic carbocycles. The number of hydrogen-bond acceptors (Lipinski definition) is 5. The van der Waals surface area contributed by atoms with Crippen molar-refractivity contribution in [3.63, 3.8) is 0 Å². The van der Waals surface area contributed by atoms with Gasteiger partial charge < -0.3 is 15.4 Å². The van der Waals surface area contributed by atoms with Gasteiger partial charge >= 0.3 is 0 Å². The lowest BCUT2D eigenvalue weighted by Gasteiger charge is -2.45. The molecule has 1 aliphatic heterocycles. The van der Waals surface area contributed by atoms with Gasteiger partial charge in [0.1, 0.15) is 0 Å². The fourth-order valence-electron chi connectivity index (χ4n) is 1.57. The first kappa shape index (κ1) is 9.21. The number of methoxy groups -OCH3 is 1. The SMILES string of the molecule is COc1ccnc(N2CC(C)(N)C2)n1. The molecule has 1 aliphatic rings. The topological polar surface area (TPSA) is 64.3 Å². The van der Waals surface area contributed by atoms with Gasteiger partial charge in [-0.3, -0.25) is 0 Å². The molecule has 2 N–H and O–H groups in total. The third kappa shape index (κ3) is 1.63. The third-order valence-electron chi connectivity index (χ3n) is 2.21. The van der Waals surface area contributed by atoms with Gasteiger partial charge in [0.05, 0.1) is 7.11 Å². The summed E-state index contributed by atoms with van der Waals surface area (Å²) in [7, 11) is 1.59. The van der Waals surface area contributed by atoms with Gasteiger partial charge in [0, 0.05) is 30.9 Å². The molecule has 14 heavy (non-hydrogen) atoms. The number of ether oxygens (including phenoxy) is 1. The second kappa shape index (κ2) is 3.09. The predicted molar refractivity (Wildman–Crippen MR) is 53.4 cm³/mol. The molecule has 0 radical (unpaired) electrons. The lowest BCUT2D eigenvalue weighted by atomic mass is 9.94. The molecule has 5 heteroatoms. The minimum atomic E-state index is -0.105. The van der Waals surface area contributed by atoms with Gasteiger partial charge in [-0.05, 0) is 6.92 Å². The van der Waals surface area contributed by atoms with Crippen LogP contribution in [0.25, 0.3) is 0 Å². The van der Waals surface area contributed by atoms with Crippen LogP contribution < -0.4 is 15.4 Å². The van der Waals surface area contributed by atoms with Gasteiger partial charge in [0.2, 0.25) is 11.8 Å². The van der Waals surface area contributed by atoms with E-state index in [1.165, 1.54) is 0 Å². The quantitative estimate of drug-likeness (QED) is 0.719. The van der Waals surface area contributed by atoms with Crippen molar-refractivity contribution in [2.45, 2.75) is 12.5 Å². The summed E-state index contributed by atoms with van der Waals surface area (Å²) in [6.07, 6.45) is 1.69. The fraction of sp³-hybridized carbons (Fsp3) is 0.556. The number of hydrogen-bond donors (Lipinski definition) is 1. The highest BCUT2D eigenvalue weighted by atomic mass is 16.5. The van der Waals surface area contributed by atoms with Crippen LogP contribution in [-0.2, 0) is 0 Å². The van der Waals surface area contributed by atoms with E-state index in [4.69, 9.17) is 10.5 Å². The first-order valence-electron chi connectivity index (χ1n) is 4.52. The van der Waals surface area contributed by atoms with Gasteiger partial charge in [-0.15, -0.1) is 0 Å². The van der Waals surface area contributed by atoms with E-state index in [9.17, 15) is 0 Å². The Hall–Kier alpha value is -1.36. The largest absolute Gasteiger partial charge is 0.481 e. The molecule has 0 atom stereocenters. The number of anilines is 1. The standard InChI is InChI=1S/C9H14N4O/c1-9(10)5-13(6-9)8-11-4-3-7(12-8)14-2/h3-4H,5-6,10H2,1-2H3. The molecule has 0 aromatic carbocycles. The summed E-state index contributed by atoms with van der Waals surface area (Å²) in [5.74, 6) is 1.27. The van der Waals surface area contributed by atoms with Crippen molar-refractivity contribution < 1.29 is 4.74 Å². The Kier molecular flexibility index (Phi) is 2.03. The fourth-order valence-corrected chi connectivity index (χ4v) is 1.57. The predicted octanol–water partition coefficient (Wildman–Crippen LogP) is 0.0226. The van der Waals surface area contributed by atoms with E-state index in [1.54, 1.807) is 19.4 Å². The Balaban J connectivity index is 2.11. The number of nitrogens with two attached hydrogens (primary N) is 1. The molecule has 0 unspecified atom stereocenters. The molecular weight excluding hydrogens is 180 g/mol. The lowest BCUT2D eigenvalue weighted by molar-refractivity contribution is 0.354. The second-order valence-electron chi connectivity index (χ2n) is 3.91. The zero-order chi connectivity index (χ0) is 10.2. The van der Waals surface area contributed by atoms with Crippen LogP contribution in [-0.4, -0.2) is 35.7 Å². The number of rotatable bonds is 2. The van der Waals surface area contributed by atoms with Crippen molar-refractivity contribution in [3.8, 4) is 5.88 Å². The van der Waals surface area contributed by atoms with Crippen LogP contribution in [0.15, 0.2) is 12.3 Å². The van der Waals surface area contributed by atoms with Gasteiger partial charge in [-0.25, -0.2) is 4.98 Å². The first-order chi connectivity index (χ1) is 6.61. The van der Waals surface area contributed by atoms with E-state index in [-0.39, 0.29) is 5.54 Å². The van der Waals surface area contributed by atoms with Crippen LogP contribution in [0.3, 0.4) is 0 Å². The maximum Gasteiger partial charge on any atom is 0.228 e. The molecule has 2 rings (SSSR count). The Morgan fingerprint density at radius 2 is 2.29 bits per heavy atom. The molecule has 0 amide bonds. The van der Waals surface area contributed by atoms with Crippen molar-refractivity contribution >= 4 is 5.95 Å². The van der Waals surface area contributed by atoms with Crippen LogP contribution in [0.4, 0.5) is 5.95 Å². The Bertz CT molecular complexity index is 331. The Labute approximate surface area is 82.9 Å². The molecule has 1 saturated heterocycles. The molecule has 1 fully saturated rings. The zero-order valence-electron chi connectivity index (χ0n) is 8.40. The number of aromatic nitrogens is 2. The summed E-state index contributed by atoms with van der Waals surface area (Å²) in [6.45, 7) is 3.60. The monoisotopic (exact) mass is 194 g/mol. The highest BCUT2D eigenvalue weighted by Crippen LogP contribution is 2.23. The van der Waals surface area contributed by atoms with Crippen LogP contribution in [0.1, 0.15) is 6.92 Å². The van der Waals surface area contributed by atoms with E-state index in [0.29, 0.717) is 11.8 Å². The van der Waals surface area contributed by atoms with Crippen LogP contribution in [0.2, 0.25) is 0 Å². The summed E-state index contributed by atoms with van der Waals surface area (Å²) in [4.78, 5) is 10.4. The highest BCUT2D eigenvalue weighted by molar-refractivity contribution is 5.38. The summed E-state index contributed by atoms with van der Waals surface area (Å²) in [5.41, 5.74) is 5.79. The van der Waals surface area contributed by atoms with E-state index in [2.05, 4.69) is 9.97 Å². The van der Waals surface area contributed by atoms with Crippen molar-refractivity contribution in [1.29, 1.82) is 0 Å². The molecule has 76 valence electrons. The van der Waals surface area contributed by atoms with Crippen molar-refractivity contribution in [2.24, 2.45) is 5.73 Å². The first-order valence-corrected chi connectivity index (χ1v) is 4.52. The van der Waals surface area contributed by atoms with Gasteiger partial charge in [-0.2, -0.15) is 4.98 Å². The maximum atomic E-state index is 5.89. The average molecular weight is 194 g/mol. The molecule has 2 heterocycles. The van der Waals surface area contributed by atoms with Crippen LogP contribution in [0, 0.1) is 0 Å². The maximum absolute atomic E-state index is 5.89. The van der Waals surface area contributed by atoms with E-state index in [0.717, 1.165) is 13.1 Å². The molecule has 1 aromatic heterocycles. The molecular formula is C9H14N4O. The molecule has 1 aromatic rings. The third-order valence-corrected chi connectivity index (χ3v) is 2.21. The summed E-state index contributed by atoms with van der Waals surface area (Å²) in [5, 5.41) is 0. The Morgan fingerprint density at radius 3 is 2.86 bits per heavy atom. The number of nitrogens with zero attached hydrogens (tertiary/aromatic N) is 3. The summed E-state index contributed by atoms with van der Waals surface area (Å²) >= 11 is 0. The van der Waals surface area contributed by atoms with E-state index >= 15 is 0 Å². The van der Waals surface area contributed by atoms with E-state index < -0.39 is 0 Å². The summed E-state index contributed by atoms with van der Waals surface area (Å²) in [6, 6.07) is 1.73. The average Bonchev–Trinajstić information content (AvgIpc) is 2.14. The minimum absolute atomic E-state index is 0.105. The van der Waals surface area contributed by atoms with Crippen molar-refractivity contribution in [1.82, 2.24) is 9.97 Å². The Morgan fingerprint density at radius 1 is 1.57 bits per heavy atom. The lowest BCUT2D eigenvalue weighted by Crippen LogP contribution is -2.66. The van der Waals surface area contributed by atoms with Crippen LogP contribution >= 0.6 is 0 Å². The molecule has 0 spiro atoms. The molecule has 0 saturated carbocycles. The highest BCUT2D eigenvalue weighted by Gasteiger charge is 2.36. The smallest absolute Gasteiger partial charge is 0.228 e. The molecule has 5 nitrogen and oxygen atoms in total. The van der Waals surface area contributed by atoms with Crippen molar-refractivity contribution in [3.05, 3.63) is 12.3 Å². The normalized spacial score (nSPS) is 18.9. The van der Waals surface area contributed by atoms with Gasteiger partial charge in [0.25, 0.3) is 0 Å². The van der Waals surface area contributed by atoms with Gasteiger partial charge in [0.15, 0.2) is 0 Å². The minimum Gasteiger partial charge on any atom is -0.481 e. The van der Waals surface area contributed by atoms with Crippen molar-refractivity contribution in [2.75, 3.05) is 25.1 Å². The second-order valence-corrected chi connectivity index (χ2v) is 3.91. The van der Waals surface area contributed by atoms with Gasteiger partial charge in [-0.1, -0.05) is 0 Å². The zero-order valence-corrected chi connectivity index (χ0v) is 8.40. The molecule has 0 bridgehead atoms. The van der Waals surface area contributed by atoms with E-state index in [1.807, 2.05) is 11.8 Å². The summed E-state index contributed by atoms with van der Waals surface area (Å²) < 4.78 is 5.02.